The van der Waals surface area contributed by atoms with Gasteiger partial charge in [0.2, 0.25) is 0 Å². The quantitative estimate of drug-likeness (QED) is 0.480. The van der Waals surface area contributed by atoms with E-state index in [0.717, 1.165) is 35.7 Å². The molecule has 1 unspecified atom stereocenters. The molecule has 32 heavy (non-hydrogen) atoms. The smallest absolute Gasteiger partial charge is 0.306 e. The van der Waals surface area contributed by atoms with Crippen molar-refractivity contribution in [1.82, 2.24) is 0 Å². The summed E-state index contributed by atoms with van der Waals surface area (Å²) in [7, 11) is 0. The molecule has 174 valence electrons. The van der Waals surface area contributed by atoms with Crippen LogP contribution in [0.2, 0.25) is 0 Å². The Morgan fingerprint density at radius 2 is 1.69 bits per heavy atom. The number of para-hydroxylation sites is 2. The van der Waals surface area contributed by atoms with Gasteiger partial charge in [-0.2, -0.15) is 0 Å². The molecule has 0 aromatic heterocycles. The van der Waals surface area contributed by atoms with Crippen LogP contribution in [-0.2, 0) is 11.2 Å². The fraction of sp³-hybridized carbons (Fsp3) is 0.519. The van der Waals surface area contributed by atoms with E-state index >= 15 is 0 Å². The number of hydrogen-bond donors (Lipinski definition) is 1. The lowest BCUT2D eigenvalue weighted by Crippen LogP contribution is -2.37. The zero-order valence-electron chi connectivity index (χ0n) is 19.5. The van der Waals surface area contributed by atoms with E-state index in [-0.39, 0.29) is 12.2 Å². The summed E-state index contributed by atoms with van der Waals surface area (Å²) in [6, 6.07) is 15.5. The van der Waals surface area contributed by atoms with Crippen LogP contribution in [-0.4, -0.2) is 29.9 Å². The normalized spacial score (nSPS) is 19.8. The maximum Gasteiger partial charge on any atom is 0.306 e. The van der Waals surface area contributed by atoms with Crippen LogP contribution in [0.1, 0.15) is 58.4 Å². The second-order valence-electron chi connectivity index (χ2n) is 9.15. The standard InChI is InChI=1S/C24H30O5.C3H6/c1-16(2)28-22-9-4-5-10-23(22)29-21-13-19(14-21)15-27-20-8-6-7-18(12-20)11-17(3)24(25)26;1-2-3-1/h4-10,12,16-17,19,21H,11,13-15H2,1-3H3,(H,25,26);1-3H2. The van der Waals surface area contributed by atoms with E-state index in [1.807, 2.05) is 62.4 Å². The number of aliphatic carboxylic acids is 1. The number of carboxylic acid groups (broad SMARTS) is 1. The first kappa shape index (κ1) is 24.0. The monoisotopic (exact) mass is 440 g/mol. The van der Waals surface area contributed by atoms with Gasteiger partial charge in [0.05, 0.1) is 24.7 Å². The summed E-state index contributed by atoms with van der Waals surface area (Å²) >= 11 is 0. The Bertz CT molecular complexity index is 852. The van der Waals surface area contributed by atoms with E-state index in [2.05, 4.69) is 0 Å². The summed E-state index contributed by atoms with van der Waals surface area (Å²) in [5, 5.41) is 9.07. The summed E-state index contributed by atoms with van der Waals surface area (Å²) in [6.07, 6.45) is 7.20. The van der Waals surface area contributed by atoms with E-state index in [1.54, 1.807) is 6.92 Å². The predicted molar refractivity (Wildman–Crippen MR) is 126 cm³/mol. The highest BCUT2D eigenvalue weighted by Crippen LogP contribution is 2.36. The van der Waals surface area contributed by atoms with Gasteiger partial charge in [-0.1, -0.05) is 50.5 Å². The number of hydrogen-bond acceptors (Lipinski definition) is 4. The van der Waals surface area contributed by atoms with Crippen molar-refractivity contribution in [3.63, 3.8) is 0 Å². The van der Waals surface area contributed by atoms with Crippen molar-refractivity contribution >= 4 is 5.97 Å². The molecule has 0 heterocycles. The molecule has 2 aliphatic carbocycles. The number of carbonyl (C=O) groups is 1. The fourth-order valence-electron chi connectivity index (χ4n) is 3.40. The lowest BCUT2D eigenvalue weighted by molar-refractivity contribution is -0.141. The number of benzene rings is 2. The van der Waals surface area contributed by atoms with Crippen molar-refractivity contribution < 1.29 is 24.1 Å². The SMILES string of the molecule is C1CC1.CC(C)Oc1ccccc1OC1CC(COc2cccc(CC(C)C(=O)O)c2)C1. The number of rotatable bonds is 10. The maximum atomic E-state index is 11.0. The average molecular weight is 441 g/mol. The Morgan fingerprint density at radius 3 is 2.31 bits per heavy atom. The number of ether oxygens (including phenoxy) is 3. The molecule has 0 radical (unpaired) electrons. The first-order chi connectivity index (χ1) is 15.4. The van der Waals surface area contributed by atoms with Crippen LogP contribution in [0.3, 0.4) is 0 Å². The second kappa shape index (κ2) is 11.8. The third-order valence-corrected chi connectivity index (χ3v) is 5.40. The second-order valence-corrected chi connectivity index (χ2v) is 9.15. The predicted octanol–water partition coefficient (Wildman–Crippen LogP) is 6.14. The van der Waals surface area contributed by atoms with Gasteiger partial charge in [-0.25, -0.2) is 0 Å². The van der Waals surface area contributed by atoms with Crippen molar-refractivity contribution in [2.24, 2.45) is 11.8 Å². The molecule has 4 rings (SSSR count). The minimum atomic E-state index is -0.780. The minimum absolute atomic E-state index is 0.108. The first-order valence-corrected chi connectivity index (χ1v) is 11.8. The molecule has 2 aromatic rings. The van der Waals surface area contributed by atoms with Crippen LogP contribution in [0, 0.1) is 11.8 Å². The largest absolute Gasteiger partial charge is 0.493 e. The van der Waals surface area contributed by atoms with Gasteiger partial charge in [0.1, 0.15) is 5.75 Å². The molecule has 2 saturated carbocycles. The highest BCUT2D eigenvalue weighted by atomic mass is 16.5. The van der Waals surface area contributed by atoms with Crippen LogP contribution in [0.4, 0.5) is 0 Å². The van der Waals surface area contributed by atoms with E-state index in [1.165, 1.54) is 19.3 Å². The Hall–Kier alpha value is -2.69. The molecule has 1 N–H and O–H groups in total. The van der Waals surface area contributed by atoms with E-state index in [0.29, 0.717) is 18.9 Å². The molecule has 5 heteroatoms. The average Bonchev–Trinajstić information content (AvgIpc) is 3.60. The van der Waals surface area contributed by atoms with Gasteiger partial charge in [-0.15, -0.1) is 0 Å². The van der Waals surface area contributed by atoms with Gasteiger partial charge in [0.15, 0.2) is 11.5 Å². The molecule has 0 saturated heterocycles. The molecule has 2 fully saturated rings. The lowest BCUT2D eigenvalue weighted by Gasteiger charge is -2.35. The Labute approximate surface area is 191 Å². The van der Waals surface area contributed by atoms with Gasteiger partial charge in [0.25, 0.3) is 0 Å². The van der Waals surface area contributed by atoms with E-state index in [4.69, 9.17) is 19.3 Å². The van der Waals surface area contributed by atoms with E-state index in [9.17, 15) is 4.79 Å². The Balaban J connectivity index is 0.000000887. The fourth-order valence-corrected chi connectivity index (χ4v) is 3.40. The lowest BCUT2D eigenvalue weighted by atomic mass is 9.83. The van der Waals surface area contributed by atoms with Crippen LogP contribution in [0.15, 0.2) is 48.5 Å². The highest BCUT2D eigenvalue weighted by Gasteiger charge is 2.32. The van der Waals surface area contributed by atoms with Crippen molar-refractivity contribution in [2.45, 2.75) is 71.5 Å². The van der Waals surface area contributed by atoms with Gasteiger partial charge >= 0.3 is 5.97 Å². The van der Waals surface area contributed by atoms with Crippen molar-refractivity contribution in [1.29, 1.82) is 0 Å². The zero-order valence-corrected chi connectivity index (χ0v) is 19.5. The molecule has 1 atom stereocenters. The van der Waals surface area contributed by atoms with E-state index < -0.39 is 11.9 Å². The molecular weight excluding hydrogens is 404 g/mol. The van der Waals surface area contributed by atoms with Crippen LogP contribution in [0.5, 0.6) is 17.2 Å². The summed E-state index contributed by atoms with van der Waals surface area (Å²) in [5.41, 5.74) is 0.981. The molecule has 0 spiro atoms. The third-order valence-electron chi connectivity index (χ3n) is 5.40. The molecule has 5 nitrogen and oxygen atoms in total. The highest BCUT2D eigenvalue weighted by molar-refractivity contribution is 5.69. The topological polar surface area (TPSA) is 65.0 Å². The number of carboxylic acids is 1. The van der Waals surface area contributed by atoms with Gasteiger partial charge in [0, 0.05) is 0 Å². The molecular formula is C27H36O5. The first-order valence-electron chi connectivity index (χ1n) is 11.8. The van der Waals surface area contributed by atoms with Crippen molar-refractivity contribution in [3.8, 4) is 17.2 Å². The molecule has 2 aliphatic rings. The molecule has 0 aliphatic heterocycles. The zero-order chi connectivity index (χ0) is 22.9. The minimum Gasteiger partial charge on any atom is -0.493 e. The third kappa shape index (κ3) is 8.10. The van der Waals surface area contributed by atoms with Crippen molar-refractivity contribution in [2.75, 3.05) is 6.61 Å². The van der Waals surface area contributed by atoms with Crippen LogP contribution in [0.25, 0.3) is 0 Å². The summed E-state index contributed by atoms with van der Waals surface area (Å²) in [4.78, 5) is 11.0. The van der Waals surface area contributed by atoms with Gasteiger partial charge in [-0.05, 0) is 68.9 Å². The molecule has 0 amide bonds. The Morgan fingerprint density at radius 1 is 1.00 bits per heavy atom. The summed E-state index contributed by atoms with van der Waals surface area (Å²) < 4.78 is 17.9. The molecule has 0 bridgehead atoms. The Kier molecular flexibility index (Phi) is 8.83. The summed E-state index contributed by atoms with van der Waals surface area (Å²) in [5.74, 6) is 1.65. The van der Waals surface area contributed by atoms with Crippen LogP contribution >= 0.6 is 0 Å². The maximum absolute atomic E-state index is 11.0. The molecule has 2 aromatic carbocycles. The summed E-state index contributed by atoms with van der Waals surface area (Å²) in [6.45, 7) is 6.37. The van der Waals surface area contributed by atoms with Gasteiger partial charge < -0.3 is 19.3 Å². The van der Waals surface area contributed by atoms with Crippen LogP contribution < -0.4 is 14.2 Å². The van der Waals surface area contributed by atoms with Crippen molar-refractivity contribution in [3.05, 3.63) is 54.1 Å². The van der Waals surface area contributed by atoms with Gasteiger partial charge in [-0.3, -0.25) is 4.79 Å².